The lowest BCUT2D eigenvalue weighted by Crippen LogP contribution is -2.59. The number of rotatable bonds is 3. The number of aryl methyl sites for hydroxylation is 1. The van der Waals surface area contributed by atoms with Gasteiger partial charge in [0.2, 0.25) is 0 Å². The molecule has 0 amide bonds. The summed E-state index contributed by atoms with van der Waals surface area (Å²) in [4.78, 5) is 11.6. The van der Waals surface area contributed by atoms with Gasteiger partial charge in [0.25, 0.3) is 0 Å². The van der Waals surface area contributed by atoms with Gasteiger partial charge >= 0.3 is 17.9 Å². The second-order valence-electron chi connectivity index (χ2n) is 5.48. The predicted octanol–water partition coefficient (Wildman–Crippen LogP) is 4.19. The van der Waals surface area contributed by atoms with Gasteiger partial charge in [-0.2, -0.15) is 13.2 Å². The lowest BCUT2D eigenvalue weighted by molar-refractivity contribution is -0.304. The molecule has 0 spiro atoms. The van der Waals surface area contributed by atoms with Crippen LogP contribution in [0.3, 0.4) is 0 Å². The number of ether oxygens (including phenoxy) is 2. The third kappa shape index (κ3) is 2.82. The molecule has 7 heteroatoms. The molecule has 25 heavy (non-hydrogen) atoms. The molecule has 1 unspecified atom stereocenters. The summed E-state index contributed by atoms with van der Waals surface area (Å²) in [5, 5.41) is 9.38. The highest BCUT2D eigenvalue weighted by atomic mass is 19.4. The van der Waals surface area contributed by atoms with Crippen molar-refractivity contribution >= 4 is 12.0 Å². The summed E-state index contributed by atoms with van der Waals surface area (Å²) in [6, 6.07) is 11.9. The number of hydrogen-bond acceptors (Lipinski definition) is 3. The molecule has 4 nitrogen and oxygen atoms in total. The number of benzene rings is 2. The van der Waals surface area contributed by atoms with Crippen molar-refractivity contribution in [1.82, 2.24) is 0 Å². The summed E-state index contributed by atoms with van der Waals surface area (Å²) in [6.07, 6.45) is -4.21. The van der Waals surface area contributed by atoms with E-state index in [-0.39, 0.29) is 17.1 Å². The van der Waals surface area contributed by atoms with Crippen molar-refractivity contribution in [3.05, 3.63) is 65.2 Å². The summed E-state index contributed by atoms with van der Waals surface area (Å²) in [5.74, 6) is -5.45. The summed E-state index contributed by atoms with van der Waals surface area (Å²) < 4.78 is 52.2. The lowest BCUT2D eigenvalue weighted by Gasteiger charge is -2.38. The highest BCUT2D eigenvalue weighted by Gasteiger charge is 2.66. The van der Waals surface area contributed by atoms with Gasteiger partial charge in [0, 0.05) is 5.56 Å². The largest absolute Gasteiger partial charge is 0.478 e. The topological polar surface area (TPSA) is 55.8 Å². The molecule has 0 aliphatic carbocycles. The first-order chi connectivity index (χ1) is 11.7. The van der Waals surface area contributed by atoms with E-state index in [4.69, 9.17) is 9.47 Å². The number of aliphatic carboxylic acids is 1. The van der Waals surface area contributed by atoms with Crippen LogP contribution in [-0.4, -0.2) is 23.0 Å². The van der Waals surface area contributed by atoms with Gasteiger partial charge in [-0.05, 0) is 30.7 Å². The van der Waals surface area contributed by atoms with Crippen molar-refractivity contribution in [3.63, 3.8) is 0 Å². The van der Waals surface area contributed by atoms with Crippen LogP contribution in [0.1, 0.15) is 11.1 Å². The molecule has 0 saturated carbocycles. The maximum absolute atomic E-state index is 14.0. The van der Waals surface area contributed by atoms with Crippen molar-refractivity contribution in [3.8, 4) is 11.5 Å². The molecule has 1 heterocycles. The van der Waals surface area contributed by atoms with E-state index in [0.717, 1.165) is 6.08 Å². The summed E-state index contributed by atoms with van der Waals surface area (Å²) >= 11 is 0. The van der Waals surface area contributed by atoms with Crippen LogP contribution in [0.4, 0.5) is 13.2 Å². The van der Waals surface area contributed by atoms with Gasteiger partial charge in [-0.15, -0.1) is 0 Å². The quantitative estimate of drug-likeness (QED) is 0.902. The zero-order valence-electron chi connectivity index (χ0n) is 13.0. The molecule has 0 fully saturated rings. The summed E-state index contributed by atoms with van der Waals surface area (Å²) in [7, 11) is 0. The minimum atomic E-state index is -5.13. The minimum Gasteiger partial charge on any atom is -0.478 e. The van der Waals surface area contributed by atoms with Gasteiger partial charge in [-0.3, -0.25) is 0 Å². The molecule has 0 bridgehead atoms. The first kappa shape index (κ1) is 16.9. The average molecular weight is 350 g/mol. The maximum atomic E-state index is 14.0. The highest BCUT2D eigenvalue weighted by Crippen LogP contribution is 2.46. The highest BCUT2D eigenvalue weighted by molar-refractivity contribution is 5.96. The number of halogens is 3. The van der Waals surface area contributed by atoms with Crippen LogP contribution in [0.15, 0.2) is 54.1 Å². The molecule has 2 aromatic rings. The van der Waals surface area contributed by atoms with E-state index in [9.17, 15) is 23.1 Å². The number of para-hydroxylation sites is 2. The average Bonchev–Trinajstić information content (AvgIpc) is 2.55. The zero-order valence-corrected chi connectivity index (χ0v) is 13.0. The fraction of sp³-hybridized carbons (Fsp3) is 0.167. The smallest absolute Gasteiger partial charge is 0.473 e. The molecule has 3 rings (SSSR count). The number of carbonyl (C=O) groups is 1. The van der Waals surface area contributed by atoms with Crippen molar-refractivity contribution in [2.75, 3.05) is 0 Å². The second kappa shape index (κ2) is 5.84. The van der Waals surface area contributed by atoms with Crippen LogP contribution < -0.4 is 9.47 Å². The Morgan fingerprint density at radius 1 is 1.12 bits per heavy atom. The number of alkyl halides is 3. The molecule has 1 atom stereocenters. The molecule has 1 aliphatic rings. The number of carboxylic acid groups (broad SMARTS) is 1. The van der Waals surface area contributed by atoms with E-state index in [1.54, 1.807) is 25.1 Å². The van der Waals surface area contributed by atoms with Gasteiger partial charge in [0.15, 0.2) is 0 Å². The maximum Gasteiger partial charge on any atom is 0.473 e. The van der Waals surface area contributed by atoms with Crippen molar-refractivity contribution < 1.29 is 32.5 Å². The Balaban J connectivity index is 2.21. The van der Waals surface area contributed by atoms with Crippen LogP contribution >= 0.6 is 0 Å². The number of fused-ring (bicyclic) bond motifs is 1. The zero-order chi connectivity index (χ0) is 18.2. The fourth-order valence-electron chi connectivity index (χ4n) is 2.53. The van der Waals surface area contributed by atoms with Crippen LogP contribution in [0.5, 0.6) is 11.5 Å². The Hall–Kier alpha value is -2.96. The van der Waals surface area contributed by atoms with Gasteiger partial charge in [-0.1, -0.05) is 36.4 Å². The molecule has 1 N–H and O–H groups in total. The Kier molecular flexibility index (Phi) is 3.94. The van der Waals surface area contributed by atoms with Crippen LogP contribution in [-0.2, 0) is 4.79 Å². The molecule has 2 aromatic carbocycles. The van der Waals surface area contributed by atoms with Crippen LogP contribution in [0.25, 0.3) is 6.08 Å². The van der Waals surface area contributed by atoms with E-state index in [0.29, 0.717) is 5.56 Å². The normalized spacial score (nSPS) is 19.4. The molecular formula is C18H13F3O4. The minimum absolute atomic E-state index is 0.113. The SMILES string of the molecule is Cc1ccccc1OC1(C(F)(F)F)Oc2ccccc2C=C1C(=O)O. The molecule has 0 aromatic heterocycles. The molecule has 0 radical (unpaired) electrons. The molecule has 0 saturated heterocycles. The number of carboxylic acids is 1. The van der Waals surface area contributed by atoms with E-state index in [2.05, 4.69) is 0 Å². The second-order valence-corrected chi connectivity index (χ2v) is 5.48. The monoisotopic (exact) mass is 350 g/mol. The first-order valence-corrected chi connectivity index (χ1v) is 7.29. The lowest BCUT2D eigenvalue weighted by atomic mass is 9.97. The van der Waals surface area contributed by atoms with Gasteiger partial charge in [-0.25, -0.2) is 4.79 Å². The fourth-order valence-corrected chi connectivity index (χ4v) is 2.53. The van der Waals surface area contributed by atoms with E-state index >= 15 is 0 Å². The van der Waals surface area contributed by atoms with Crippen molar-refractivity contribution in [2.24, 2.45) is 0 Å². The van der Waals surface area contributed by atoms with E-state index < -0.39 is 23.5 Å². The summed E-state index contributed by atoms with van der Waals surface area (Å²) in [5.41, 5.74) is -0.395. The number of hydrogen-bond donors (Lipinski definition) is 1. The first-order valence-electron chi connectivity index (χ1n) is 7.29. The van der Waals surface area contributed by atoms with Crippen LogP contribution in [0, 0.1) is 6.92 Å². The van der Waals surface area contributed by atoms with Crippen molar-refractivity contribution in [2.45, 2.75) is 18.9 Å². The third-order valence-corrected chi connectivity index (χ3v) is 3.78. The molecule has 1 aliphatic heterocycles. The Morgan fingerprint density at radius 2 is 1.76 bits per heavy atom. The van der Waals surface area contributed by atoms with E-state index in [1.165, 1.54) is 30.3 Å². The standard InChI is InChI=1S/C18H13F3O4/c1-11-6-2-4-8-14(11)24-17(18(19,20)21)13(16(22)23)10-12-7-3-5-9-15(12)25-17/h2-10H,1H3,(H,22,23). The Bertz CT molecular complexity index is 857. The molecule has 130 valence electrons. The predicted molar refractivity (Wildman–Crippen MR) is 83.3 cm³/mol. The van der Waals surface area contributed by atoms with Gasteiger partial charge in [0.1, 0.15) is 17.1 Å². The Labute approximate surface area is 141 Å². The van der Waals surface area contributed by atoms with E-state index in [1.807, 2.05) is 0 Å². The van der Waals surface area contributed by atoms with Gasteiger partial charge in [0.05, 0.1) is 0 Å². The van der Waals surface area contributed by atoms with Crippen LogP contribution in [0.2, 0.25) is 0 Å². The third-order valence-electron chi connectivity index (χ3n) is 3.78. The van der Waals surface area contributed by atoms with Crippen molar-refractivity contribution in [1.29, 1.82) is 0 Å². The Morgan fingerprint density at radius 3 is 2.40 bits per heavy atom. The van der Waals surface area contributed by atoms with Gasteiger partial charge < -0.3 is 14.6 Å². The summed E-state index contributed by atoms with van der Waals surface area (Å²) in [6.45, 7) is 1.56. The molecular weight excluding hydrogens is 337 g/mol.